The molecule has 0 saturated carbocycles. The van der Waals surface area contributed by atoms with Crippen molar-refractivity contribution in [3.63, 3.8) is 0 Å². The van der Waals surface area contributed by atoms with Crippen LogP contribution in [0, 0.1) is 0 Å². The molecule has 0 aliphatic carbocycles. The molecule has 1 rings (SSSR count). The summed E-state index contributed by atoms with van der Waals surface area (Å²) < 4.78 is 0. The highest BCUT2D eigenvalue weighted by atomic mass is 35.5. The number of nitrogens with two attached hydrogens (primary N) is 1. The minimum absolute atomic E-state index is 0. The first-order valence-corrected chi connectivity index (χ1v) is 5.56. The summed E-state index contributed by atoms with van der Waals surface area (Å²) in [5.41, 5.74) is 5.53. The number of nitrogens with one attached hydrogen (secondary N) is 1. The van der Waals surface area contributed by atoms with Crippen LogP contribution >= 0.6 is 23.7 Å². The molecule has 1 aromatic rings. The van der Waals surface area contributed by atoms with Crippen LogP contribution in [0.3, 0.4) is 0 Å². The lowest BCUT2D eigenvalue weighted by atomic mass is 10.2. The second-order valence-corrected chi connectivity index (χ2v) is 4.47. The second-order valence-electron chi connectivity index (χ2n) is 3.49. The fourth-order valence-corrected chi connectivity index (χ4v) is 1.94. The fraction of sp³-hybridized carbons (Fsp3) is 0.500. The topological polar surface area (TPSA) is 55.1 Å². The highest BCUT2D eigenvalue weighted by molar-refractivity contribution is 7.10. The molecule has 1 amide bonds. The van der Waals surface area contributed by atoms with Crippen LogP contribution in [0.5, 0.6) is 0 Å². The second kappa shape index (κ2) is 6.82. The Morgan fingerprint density at radius 1 is 1.60 bits per heavy atom. The normalized spacial score (nSPS) is 13.8. The van der Waals surface area contributed by atoms with E-state index in [9.17, 15) is 4.79 Å². The number of hydrogen-bond acceptors (Lipinski definition) is 3. The highest BCUT2D eigenvalue weighted by Crippen LogP contribution is 2.17. The zero-order chi connectivity index (χ0) is 10.6. The maximum atomic E-state index is 11.4. The maximum absolute atomic E-state index is 11.4. The minimum atomic E-state index is -0.0782. The average molecular weight is 249 g/mol. The number of carbonyl (C=O) groups is 1. The Hall–Kier alpha value is -0.580. The monoisotopic (exact) mass is 248 g/mol. The molecule has 86 valence electrons. The van der Waals surface area contributed by atoms with Gasteiger partial charge in [0.15, 0.2) is 0 Å². The van der Waals surface area contributed by atoms with Gasteiger partial charge >= 0.3 is 0 Å². The molecular weight excluding hydrogens is 232 g/mol. The van der Waals surface area contributed by atoms with Crippen LogP contribution in [0.1, 0.15) is 31.2 Å². The van der Waals surface area contributed by atoms with Gasteiger partial charge in [0.1, 0.15) is 0 Å². The molecule has 1 heterocycles. The SMILES string of the molecule is CC(N)CC(=O)NC(C)c1cccs1.Cl. The largest absolute Gasteiger partial charge is 0.349 e. The van der Waals surface area contributed by atoms with Crippen molar-refractivity contribution < 1.29 is 4.79 Å². The summed E-state index contributed by atoms with van der Waals surface area (Å²) in [5.74, 6) is 0.0147. The molecular formula is C10H17ClN2OS. The molecule has 15 heavy (non-hydrogen) atoms. The van der Waals surface area contributed by atoms with E-state index in [1.54, 1.807) is 11.3 Å². The molecule has 0 saturated heterocycles. The van der Waals surface area contributed by atoms with Crippen LogP contribution in [0.15, 0.2) is 17.5 Å². The number of amides is 1. The molecule has 0 spiro atoms. The Balaban J connectivity index is 0.00000196. The van der Waals surface area contributed by atoms with Crippen LogP contribution in [-0.4, -0.2) is 11.9 Å². The molecule has 1 aromatic heterocycles. The third kappa shape index (κ3) is 5.16. The van der Waals surface area contributed by atoms with E-state index in [1.165, 1.54) is 4.88 Å². The van der Waals surface area contributed by atoms with E-state index in [0.717, 1.165) is 0 Å². The summed E-state index contributed by atoms with van der Waals surface area (Å²) in [6.07, 6.45) is 0.385. The molecule has 0 radical (unpaired) electrons. The minimum Gasteiger partial charge on any atom is -0.349 e. The van der Waals surface area contributed by atoms with Gasteiger partial charge in [-0.1, -0.05) is 6.07 Å². The Kier molecular flexibility index (Phi) is 6.56. The van der Waals surface area contributed by atoms with Gasteiger partial charge in [-0.05, 0) is 25.3 Å². The first kappa shape index (κ1) is 14.4. The van der Waals surface area contributed by atoms with Crippen molar-refractivity contribution in [2.24, 2.45) is 5.73 Å². The third-order valence-electron chi connectivity index (χ3n) is 1.85. The van der Waals surface area contributed by atoms with Crippen LogP contribution in [0.2, 0.25) is 0 Å². The molecule has 2 unspecified atom stereocenters. The summed E-state index contributed by atoms with van der Waals surface area (Å²) in [7, 11) is 0. The van der Waals surface area contributed by atoms with E-state index in [4.69, 9.17) is 5.73 Å². The van der Waals surface area contributed by atoms with Gasteiger partial charge < -0.3 is 11.1 Å². The molecule has 0 aliphatic heterocycles. The summed E-state index contributed by atoms with van der Waals surface area (Å²) in [6, 6.07) is 4.00. The lowest BCUT2D eigenvalue weighted by Crippen LogP contribution is -2.31. The lowest BCUT2D eigenvalue weighted by molar-refractivity contribution is -0.121. The highest BCUT2D eigenvalue weighted by Gasteiger charge is 2.11. The van der Waals surface area contributed by atoms with Crippen molar-refractivity contribution in [3.8, 4) is 0 Å². The number of rotatable bonds is 4. The summed E-state index contributed by atoms with van der Waals surface area (Å²) in [5, 5.41) is 4.91. The quantitative estimate of drug-likeness (QED) is 0.857. The average Bonchev–Trinajstić information content (AvgIpc) is 2.53. The van der Waals surface area contributed by atoms with E-state index >= 15 is 0 Å². The zero-order valence-electron chi connectivity index (χ0n) is 8.90. The van der Waals surface area contributed by atoms with E-state index in [0.29, 0.717) is 6.42 Å². The molecule has 2 atom stereocenters. The van der Waals surface area contributed by atoms with Gasteiger partial charge in [0, 0.05) is 17.3 Å². The van der Waals surface area contributed by atoms with E-state index in [2.05, 4.69) is 5.32 Å². The number of carbonyl (C=O) groups excluding carboxylic acids is 1. The molecule has 3 N–H and O–H groups in total. The van der Waals surface area contributed by atoms with Crippen molar-refractivity contribution in [1.82, 2.24) is 5.32 Å². The third-order valence-corrected chi connectivity index (χ3v) is 2.91. The Morgan fingerprint density at radius 3 is 2.73 bits per heavy atom. The Labute approximate surface area is 100 Å². The van der Waals surface area contributed by atoms with Crippen molar-refractivity contribution in [1.29, 1.82) is 0 Å². The van der Waals surface area contributed by atoms with E-state index in [-0.39, 0.29) is 30.4 Å². The number of halogens is 1. The molecule has 5 heteroatoms. The van der Waals surface area contributed by atoms with Crippen molar-refractivity contribution in [2.45, 2.75) is 32.4 Å². The lowest BCUT2D eigenvalue weighted by Gasteiger charge is -2.13. The smallest absolute Gasteiger partial charge is 0.222 e. The van der Waals surface area contributed by atoms with Crippen molar-refractivity contribution in [3.05, 3.63) is 22.4 Å². The van der Waals surface area contributed by atoms with Crippen molar-refractivity contribution in [2.75, 3.05) is 0 Å². The van der Waals surface area contributed by atoms with Crippen molar-refractivity contribution >= 4 is 29.7 Å². The van der Waals surface area contributed by atoms with Crippen LogP contribution in [0.25, 0.3) is 0 Å². The van der Waals surface area contributed by atoms with Gasteiger partial charge in [-0.3, -0.25) is 4.79 Å². The summed E-state index contributed by atoms with van der Waals surface area (Å²) in [6.45, 7) is 3.81. The fourth-order valence-electron chi connectivity index (χ4n) is 1.20. The molecule has 0 aromatic carbocycles. The Bertz CT molecular complexity index is 288. The zero-order valence-corrected chi connectivity index (χ0v) is 10.5. The van der Waals surface area contributed by atoms with Gasteiger partial charge in [0.05, 0.1) is 6.04 Å². The van der Waals surface area contributed by atoms with Gasteiger partial charge in [-0.2, -0.15) is 0 Å². The first-order chi connectivity index (χ1) is 6.59. The molecule has 0 aliphatic rings. The molecule has 0 bridgehead atoms. The Morgan fingerprint density at radius 2 is 2.27 bits per heavy atom. The molecule has 0 fully saturated rings. The van der Waals surface area contributed by atoms with Gasteiger partial charge in [0.25, 0.3) is 0 Å². The van der Waals surface area contributed by atoms with E-state index in [1.807, 2.05) is 31.4 Å². The maximum Gasteiger partial charge on any atom is 0.222 e. The summed E-state index contributed by atoms with van der Waals surface area (Å²) >= 11 is 1.65. The van der Waals surface area contributed by atoms with Gasteiger partial charge in [-0.25, -0.2) is 0 Å². The predicted molar refractivity (Wildman–Crippen MR) is 66.4 cm³/mol. The molecule has 3 nitrogen and oxygen atoms in total. The van der Waals surface area contributed by atoms with E-state index < -0.39 is 0 Å². The number of hydrogen-bond donors (Lipinski definition) is 2. The van der Waals surface area contributed by atoms with Crippen LogP contribution in [-0.2, 0) is 4.79 Å². The van der Waals surface area contributed by atoms with Gasteiger partial charge in [0.2, 0.25) is 5.91 Å². The standard InChI is InChI=1S/C10H16N2OS.ClH/c1-7(11)6-10(13)12-8(2)9-4-3-5-14-9;/h3-5,7-8H,6,11H2,1-2H3,(H,12,13);1H. The van der Waals surface area contributed by atoms with Crippen LogP contribution in [0.4, 0.5) is 0 Å². The summed E-state index contributed by atoms with van der Waals surface area (Å²) in [4.78, 5) is 12.5. The van der Waals surface area contributed by atoms with Crippen LogP contribution < -0.4 is 11.1 Å². The van der Waals surface area contributed by atoms with Gasteiger partial charge in [-0.15, -0.1) is 23.7 Å². The first-order valence-electron chi connectivity index (χ1n) is 4.68. The predicted octanol–water partition coefficient (Wildman–Crippen LogP) is 2.08. The number of thiophene rings is 1.